The Kier molecular flexibility index (Phi) is 3.72. The van der Waals surface area contributed by atoms with Gasteiger partial charge >= 0.3 is 0 Å². The average Bonchev–Trinajstić information content (AvgIpc) is 2.69. The van der Waals surface area contributed by atoms with Crippen molar-refractivity contribution < 1.29 is 4.79 Å². The van der Waals surface area contributed by atoms with Crippen molar-refractivity contribution in [3.05, 3.63) is 30.1 Å². The van der Waals surface area contributed by atoms with Crippen LogP contribution in [-0.4, -0.2) is 28.3 Å². The molecular weight excluding hydrogens is 250 g/mol. The van der Waals surface area contributed by atoms with Crippen LogP contribution in [0.5, 0.6) is 0 Å². The summed E-state index contributed by atoms with van der Waals surface area (Å²) in [6.07, 6.45) is 8.88. The van der Waals surface area contributed by atoms with E-state index < -0.39 is 0 Å². The van der Waals surface area contributed by atoms with E-state index in [0.29, 0.717) is 11.7 Å². The number of nitrogens with zero attached hydrogens (tertiary/aromatic N) is 3. The zero-order chi connectivity index (χ0) is 13.9. The highest BCUT2D eigenvalue weighted by molar-refractivity contribution is 5.83. The average molecular weight is 271 g/mol. The van der Waals surface area contributed by atoms with Crippen molar-refractivity contribution in [3.63, 3.8) is 0 Å². The zero-order valence-electron chi connectivity index (χ0n) is 12.0. The highest BCUT2D eigenvalue weighted by Crippen LogP contribution is 2.28. The molecule has 4 heteroatoms. The maximum atomic E-state index is 11.5. The largest absolute Gasteiger partial charge is 0.352 e. The summed E-state index contributed by atoms with van der Waals surface area (Å²) < 4.78 is 1.89. The lowest BCUT2D eigenvalue weighted by Crippen LogP contribution is -2.35. The summed E-state index contributed by atoms with van der Waals surface area (Å²) in [5.74, 6) is 0.861. The molecule has 1 aliphatic rings. The molecule has 1 fully saturated rings. The van der Waals surface area contributed by atoms with Crippen LogP contribution in [0.4, 0.5) is 5.82 Å². The molecule has 2 aromatic rings. The molecule has 0 amide bonds. The summed E-state index contributed by atoms with van der Waals surface area (Å²) in [6.45, 7) is 3.22. The van der Waals surface area contributed by atoms with E-state index >= 15 is 0 Å². The molecule has 3 heterocycles. The predicted octanol–water partition coefficient (Wildman–Crippen LogP) is 3.31. The minimum atomic E-state index is 0.501. The lowest BCUT2D eigenvalue weighted by molar-refractivity contribution is 0.111. The van der Waals surface area contributed by atoms with Crippen LogP contribution in [0.3, 0.4) is 0 Å². The van der Waals surface area contributed by atoms with Gasteiger partial charge in [0.25, 0.3) is 0 Å². The van der Waals surface area contributed by atoms with Gasteiger partial charge < -0.3 is 4.90 Å². The van der Waals surface area contributed by atoms with Gasteiger partial charge in [-0.2, -0.15) is 0 Å². The van der Waals surface area contributed by atoms with E-state index in [9.17, 15) is 4.79 Å². The third kappa shape index (κ3) is 2.19. The first kappa shape index (κ1) is 13.2. The van der Waals surface area contributed by atoms with Crippen LogP contribution in [0.25, 0.3) is 5.65 Å². The second kappa shape index (κ2) is 5.65. The van der Waals surface area contributed by atoms with Crippen molar-refractivity contribution in [2.45, 2.75) is 45.1 Å². The van der Waals surface area contributed by atoms with Crippen molar-refractivity contribution in [1.29, 1.82) is 0 Å². The molecule has 2 aromatic heterocycles. The number of hydrogen-bond acceptors (Lipinski definition) is 3. The molecule has 0 saturated carbocycles. The van der Waals surface area contributed by atoms with Gasteiger partial charge in [0.05, 0.1) is 0 Å². The van der Waals surface area contributed by atoms with Gasteiger partial charge in [-0.15, -0.1) is 0 Å². The summed E-state index contributed by atoms with van der Waals surface area (Å²) in [5.41, 5.74) is 1.53. The summed E-state index contributed by atoms with van der Waals surface area (Å²) in [6, 6.07) is 6.35. The molecule has 1 aliphatic heterocycles. The van der Waals surface area contributed by atoms with Crippen molar-refractivity contribution in [2.75, 3.05) is 11.4 Å². The Bertz CT molecular complexity index is 605. The van der Waals surface area contributed by atoms with Crippen LogP contribution in [0.2, 0.25) is 0 Å². The Hall–Kier alpha value is -1.84. The second-order valence-corrected chi connectivity index (χ2v) is 5.47. The molecule has 1 unspecified atom stereocenters. The first-order chi connectivity index (χ1) is 9.85. The number of aromatic nitrogens is 2. The van der Waals surface area contributed by atoms with Crippen LogP contribution >= 0.6 is 0 Å². The third-order valence-electron chi connectivity index (χ3n) is 4.28. The van der Waals surface area contributed by atoms with Gasteiger partial charge in [0.2, 0.25) is 0 Å². The Balaban J connectivity index is 2.09. The molecule has 1 saturated heterocycles. The Labute approximate surface area is 119 Å². The number of aldehydes is 1. The Morgan fingerprint density at radius 1 is 1.35 bits per heavy atom. The van der Waals surface area contributed by atoms with Gasteiger partial charge in [-0.3, -0.25) is 9.20 Å². The monoisotopic (exact) mass is 271 g/mol. The molecule has 0 spiro atoms. The highest BCUT2D eigenvalue weighted by atomic mass is 16.1. The van der Waals surface area contributed by atoms with E-state index in [1.54, 1.807) is 0 Å². The van der Waals surface area contributed by atoms with Crippen molar-refractivity contribution >= 4 is 17.8 Å². The molecule has 3 rings (SSSR count). The van der Waals surface area contributed by atoms with Crippen molar-refractivity contribution in [3.8, 4) is 0 Å². The fraction of sp³-hybridized carbons (Fsp3) is 0.500. The maximum Gasteiger partial charge on any atom is 0.170 e. The number of carbonyl (C=O) groups is 1. The van der Waals surface area contributed by atoms with Crippen LogP contribution in [-0.2, 0) is 0 Å². The Morgan fingerprint density at radius 2 is 2.25 bits per heavy atom. The van der Waals surface area contributed by atoms with Gasteiger partial charge in [0.15, 0.2) is 12.1 Å². The van der Waals surface area contributed by atoms with E-state index in [4.69, 9.17) is 4.98 Å². The smallest absolute Gasteiger partial charge is 0.170 e. The van der Waals surface area contributed by atoms with Gasteiger partial charge in [-0.05, 0) is 31.4 Å². The van der Waals surface area contributed by atoms with Gasteiger partial charge in [-0.1, -0.05) is 25.8 Å². The molecule has 0 N–H and O–H groups in total. The molecule has 20 heavy (non-hydrogen) atoms. The number of fused-ring (bicyclic) bond motifs is 1. The van der Waals surface area contributed by atoms with E-state index in [2.05, 4.69) is 11.8 Å². The standard InChI is InChI=1S/C16H21N3O/c1-2-13-8-4-3-6-10-18(13)16-14(12-20)19-11-7-5-9-15(19)17-16/h5,7,9,11-13H,2-4,6,8,10H2,1H3. The van der Waals surface area contributed by atoms with E-state index in [-0.39, 0.29) is 0 Å². The fourth-order valence-corrected chi connectivity index (χ4v) is 3.20. The van der Waals surface area contributed by atoms with Crippen molar-refractivity contribution in [1.82, 2.24) is 9.38 Å². The van der Waals surface area contributed by atoms with Crippen molar-refractivity contribution in [2.24, 2.45) is 0 Å². The first-order valence-electron chi connectivity index (χ1n) is 7.54. The van der Waals surface area contributed by atoms with Crippen LogP contribution in [0.1, 0.15) is 49.5 Å². The number of hydrogen-bond donors (Lipinski definition) is 0. The van der Waals surface area contributed by atoms with Crippen LogP contribution in [0.15, 0.2) is 24.4 Å². The quantitative estimate of drug-likeness (QED) is 0.804. The lowest BCUT2D eigenvalue weighted by Gasteiger charge is -2.29. The van der Waals surface area contributed by atoms with Gasteiger partial charge in [0, 0.05) is 18.8 Å². The number of pyridine rings is 1. The number of anilines is 1. The lowest BCUT2D eigenvalue weighted by atomic mass is 10.1. The summed E-state index contributed by atoms with van der Waals surface area (Å²) in [5, 5.41) is 0. The predicted molar refractivity (Wildman–Crippen MR) is 80.5 cm³/mol. The molecule has 4 nitrogen and oxygen atoms in total. The van der Waals surface area contributed by atoms with E-state index in [0.717, 1.165) is 30.7 Å². The van der Waals surface area contributed by atoms with Crippen LogP contribution < -0.4 is 4.90 Å². The molecular formula is C16H21N3O. The molecule has 0 aliphatic carbocycles. The minimum Gasteiger partial charge on any atom is -0.352 e. The Morgan fingerprint density at radius 3 is 3.05 bits per heavy atom. The molecule has 1 atom stereocenters. The van der Waals surface area contributed by atoms with E-state index in [1.807, 2.05) is 28.8 Å². The second-order valence-electron chi connectivity index (χ2n) is 5.47. The number of rotatable bonds is 3. The van der Waals surface area contributed by atoms with Gasteiger partial charge in [0.1, 0.15) is 11.3 Å². The normalized spacial score (nSPS) is 20.1. The molecule has 0 aromatic carbocycles. The van der Waals surface area contributed by atoms with Crippen LogP contribution in [0, 0.1) is 0 Å². The molecule has 0 bridgehead atoms. The third-order valence-corrected chi connectivity index (χ3v) is 4.28. The number of carbonyl (C=O) groups excluding carboxylic acids is 1. The highest BCUT2D eigenvalue weighted by Gasteiger charge is 2.25. The maximum absolute atomic E-state index is 11.5. The zero-order valence-corrected chi connectivity index (χ0v) is 12.0. The molecule has 0 radical (unpaired) electrons. The van der Waals surface area contributed by atoms with E-state index in [1.165, 1.54) is 25.7 Å². The summed E-state index contributed by atoms with van der Waals surface area (Å²) in [4.78, 5) is 18.6. The first-order valence-corrected chi connectivity index (χ1v) is 7.54. The minimum absolute atomic E-state index is 0.501. The van der Waals surface area contributed by atoms with Gasteiger partial charge in [-0.25, -0.2) is 4.98 Å². The fourth-order valence-electron chi connectivity index (χ4n) is 3.20. The number of imidazole rings is 1. The molecule has 106 valence electrons. The summed E-state index contributed by atoms with van der Waals surface area (Å²) in [7, 11) is 0. The SMILES string of the molecule is CCC1CCCCCN1c1nc2ccccn2c1C=O. The topological polar surface area (TPSA) is 37.6 Å². The summed E-state index contributed by atoms with van der Waals surface area (Å²) >= 11 is 0.